The number of carbonyl (C=O) groups is 1. The molecular weight excluding hydrogens is 504 g/mol. The Balaban J connectivity index is 1.89. The summed E-state index contributed by atoms with van der Waals surface area (Å²) in [5.41, 5.74) is 1.55. The van der Waals surface area contributed by atoms with Crippen LogP contribution < -0.4 is 24.2 Å². The molecule has 0 saturated heterocycles. The number of carbonyl (C=O) groups excluding carboxylic acids is 1. The number of hydrogen-bond acceptors (Lipinski definition) is 6. The van der Waals surface area contributed by atoms with E-state index in [0.717, 1.165) is 11.1 Å². The van der Waals surface area contributed by atoms with Gasteiger partial charge in [0.25, 0.3) is 0 Å². The summed E-state index contributed by atoms with van der Waals surface area (Å²) in [4.78, 5) is 13.2. The molecule has 2 atom stereocenters. The number of sulfonamides is 1. The lowest BCUT2D eigenvalue weighted by Gasteiger charge is -2.23. The predicted molar refractivity (Wildman–Crippen MR) is 138 cm³/mol. The summed E-state index contributed by atoms with van der Waals surface area (Å²) >= 11 is 6.05. The minimum Gasteiger partial charge on any atom is -0.495 e. The molecule has 0 aliphatic heterocycles. The molecule has 3 rings (SSSR count). The molecule has 2 unspecified atom stereocenters. The van der Waals surface area contributed by atoms with Crippen molar-refractivity contribution >= 4 is 27.5 Å². The molecule has 3 aromatic rings. The largest absolute Gasteiger partial charge is 0.495 e. The maximum atomic E-state index is 13.4. The summed E-state index contributed by atoms with van der Waals surface area (Å²) in [5, 5.41) is 3.12. The summed E-state index contributed by atoms with van der Waals surface area (Å²) in [7, 11) is 0.263. The molecular formula is C26H29ClN2O6S. The second-order valence-electron chi connectivity index (χ2n) is 8.00. The maximum absolute atomic E-state index is 13.4. The topological polar surface area (TPSA) is 103 Å². The van der Waals surface area contributed by atoms with Crippen LogP contribution in [0.5, 0.6) is 17.2 Å². The highest BCUT2D eigenvalue weighted by atomic mass is 35.5. The van der Waals surface area contributed by atoms with Crippen LogP contribution in [-0.4, -0.2) is 41.7 Å². The molecule has 0 fully saturated rings. The third-order valence-electron chi connectivity index (χ3n) is 5.58. The molecule has 1 amide bonds. The minimum atomic E-state index is -4.17. The van der Waals surface area contributed by atoms with E-state index in [9.17, 15) is 13.2 Å². The molecule has 2 N–H and O–H groups in total. The van der Waals surface area contributed by atoms with Crippen molar-refractivity contribution in [2.24, 2.45) is 0 Å². The van der Waals surface area contributed by atoms with E-state index in [1.807, 2.05) is 30.3 Å². The van der Waals surface area contributed by atoms with Crippen molar-refractivity contribution in [2.45, 2.75) is 30.3 Å². The molecule has 0 bridgehead atoms. The molecule has 10 heteroatoms. The van der Waals surface area contributed by atoms with E-state index in [1.54, 1.807) is 25.1 Å². The number of nitrogens with one attached hydrogen (secondary N) is 2. The zero-order valence-corrected chi connectivity index (χ0v) is 22.0. The van der Waals surface area contributed by atoms with Crippen LogP contribution in [0.3, 0.4) is 0 Å². The van der Waals surface area contributed by atoms with Gasteiger partial charge in [0.1, 0.15) is 16.7 Å². The Bertz CT molecular complexity index is 1300. The van der Waals surface area contributed by atoms with Gasteiger partial charge in [0.05, 0.1) is 27.4 Å². The fourth-order valence-electron chi connectivity index (χ4n) is 3.67. The lowest BCUT2D eigenvalue weighted by Crippen LogP contribution is -2.48. The van der Waals surface area contributed by atoms with Gasteiger partial charge in [0, 0.05) is 5.02 Å². The van der Waals surface area contributed by atoms with Crippen LogP contribution in [0.2, 0.25) is 5.02 Å². The van der Waals surface area contributed by atoms with E-state index in [-0.39, 0.29) is 22.1 Å². The number of methoxy groups -OCH3 is 3. The Morgan fingerprint density at radius 3 is 2.17 bits per heavy atom. The highest BCUT2D eigenvalue weighted by molar-refractivity contribution is 7.89. The molecule has 36 heavy (non-hydrogen) atoms. The Morgan fingerprint density at radius 2 is 1.53 bits per heavy atom. The maximum Gasteiger partial charge on any atom is 0.245 e. The fourth-order valence-corrected chi connectivity index (χ4v) is 5.30. The van der Waals surface area contributed by atoms with Crippen molar-refractivity contribution in [3.05, 3.63) is 82.9 Å². The molecule has 0 radical (unpaired) electrons. The first kappa shape index (κ1) is 27.3. The van der Waals surface area contributed by atoms with Crippen molar-refractivity contribution in [1.82, 2.24) is 10.0 Å². The van der Waals surface area contributed by atoms with Gasteiger partial charge in [-0.2, -0.15) is 4.72 Å². The average Bonchev–Trinajstić information content (AvgIpc) is 2.88. The van der Waals surface area contributed by atoms with Crippen LogP contribution in [0.15, 0.2) is 71.6 Å². The van der Waals surface area contributed by atoms with Crippen LogP contribution in [0.1, 0.15) is 24.1 Å². The third-order valence-corrected chi connectivity index (χ3v) is 7.31. The van der Waals surface area contributed by atoms with Gasteiger partial charge in [-0.25, -0.2) is 8.42 Å². The SMILES string of the molecule is COc1ccc(C(C)NC(=O)C(Cc2ccccc2)NS(=O)(=O)c2cc(Cl)ccc2OC)cc1OC. The Hall–Kier alpha value is -3.27. The van der Waals surface area contributed by atoms with Gasteiger partial charge in [-0.15, -0.1) is 0 Å². The molecule has 0 saturated carbocycles. The number of rotatable bonds is 11. The first-order valence-corrected chi connectivity index (χ1v) is 13.0. The van der Waals surface area contributed by atoms with Crippen molar-refractivity contribution in [1.29, 1.82) is 0 Å². The molecule has 0 aliphatic carbocycles. The van der Waals surface area contributed by atoms with E-state index >= 15 is 0 Å². The van der Waals surface area contributed by atoms with E-state index < -0.39 is 28.0 Å². The van der Waals surface area contributed by atoms with Gasteiger partial charge >= 0.3 is 0 Å². The summed E-state index contributed by atoms with van der Waals surface area (Å²) in [6, 6.07) is 17.2. The summed E-state index contributed by atoms with van der Waals surface area (Å²) < 4.78 is 45.0. The molecule has 8 nitrogen and oxygen atoms in total. The van der Waals surface area contributed by atoms with Crippen molar-refractivity contribution < 1.29 is 27.4 Å². The van der Waals surface area contributed by atoms with Crippen molar-refractivity contribution in [3.8, 4) is 17.2 Å². The number of amides is 1. The highest BCUT2D eigenvalue weighted by Gasteiger charge is 2.29. The molecule has 0 aromatic heterocycles. The smallest absolute Gasteiger partial charge is 0.245 e. The van der Waals surface area contributed by atoms with Crippen molar-refractivity contribution in [2.75, 3.05) is 21.3 Å². The summed E-state index contributed by atoms with van der Waals surface area (Å²) in [6.45, 7) is 1.80. The van der Waals surface area contributed by atoms with Crippen LogP contribution in [0.25, 0.3) is 0 Å². The number of benzene rings is 3. The first-order valence-electron chi connectivity index (χ1n) is 11.1. The lowest BCUT2D eigenvalue weighted by atomic mass is 10.0. The zero-order chi connectivity index (χ0) is 26.3. The number of halogens is 1. The van der Waals surface area contributed by atoms with E-state index in [1.165, 1.54) is 39.5 Å². The monoisotopic (exact) mass is 532 g/mol. The summed E-state index contributed by atoms with van der Waals surface area (Å²) in [6.07, 6.45) is 0.132. The average molecular weight is 533 g/mol. The summed E-state index contributed by atoms with van der Waals surface area (Å²) in [5.74, 6) is 0.700. The second kappa shape index (κ2) is 12.1. The molecule has 0 heterocycles. The highest BCUT2D eigenvalue weighted by Crippen LogP contribution is 2.30. The predicted octanol–water partition coefficient (Wildman–Crippen LogP) is 4.13. The molecule has 0 spiro atoms. The normalized spacial score (nSPS) is 12.9. The number of hydrogen-bond donors (Lipinski definition) is 2. The van der Waals surface area contributed by atoms with E-state index in [0.29, 0.717) is 11.5 Å². The van der Waals surface area contributed by atoms with Crippen LogP contribution >= 0.6 is 11.6 Å². The van der Waals surface area contributed by atoms with E-state index in [2.05, 4.69) is 10.0 Å². The quantitative estimate of drug-likeness (QED) is 0.385. The van der Waals surface area contributed by atoms with Crippen LogP contribution in [-0.2, 0) is 21.2 Å². The number of ether oxygens (including phenoxy) is 3. The van der Waals surface area contributed by atoms with Gasteiger partial charge < -0.3 is 19.5 Å². The molecule has 0 aliphatic rings. The van der Waals surface area contributed by atoms with Gasteiger partial charge in [0.2, 0.25) is 15.9 Å². The minimum absolute atomic E-state index is 0.115. The standard InChI is InChI=1S/C26H29ClN2O6S/c1-17(19-10-12-22(33-2)24(15-19)35-4)28-26(30)21(14-18-8-6-5-7-9-18)29-36(31,32)25-16-20(27)11-13-23(25)34-3/h5-13,15-17,21,29H,14H2,1-4H3,(H,28,30). The van der Waals surface area contributed by atoms with Gasteiger partial charge in [-0.1, -0.05) is 48.0 Å². The first-order chi connectivity index (χ1) is 17.2. The lowest BCUT2D eigenvalue weighted by molar-refractivity contribution is -0.123. The molecule has 192 valence electrons. The molecule has 3 aromatic carbocycles. The van der Waals surface area contributed by atoms with Crippen molar-refractivity contribution in [3.63, 3.8) is 0 Å². The van der Waals surface area contributed by atoms with E-state index in [4.69, 9.17) is 25.8 Å². The van der Waals surface area contributed by atoms with Gasteiger partial charge in [0.15, 0.2) is 11.5 Å². The van der Waals surface area contributed by atoms with Crippen LogP contribution in [0, 0.1) is 0 Å². The Morgan fingerprint density at radius 1 is 0.889 bits per heavy atom. The Kier molecular flexibility index (Phi) is 9.19. The van der Waals surface area contributed by atoms with Gasteiger partial charge in [-0.05, 0) is 54.8 Å². The zero-order valence-electron chi connectivity index (χ0n) is 20.4. The fraction of sp³-hybridized carbons (Fsp3) is 0.269. The van der Waals surface area contributed by atoms with Crippen LogP contribution in [0.4, 0.5) is 0 Å². The Labute approximate surface area is 216 Å². The third kappa shape index (κ3) is 6.69. The second-order valence-corrected chi connectivity index (χ2v) is 10.1. The van der Waals surface area contributed by atoms with Gasteiger partial charge in [-0.3, -0.25) is 4.79 Å².